The van der Waals surface area contributed by atoms with E-state index in [4.69, 9.17) is 9.57 Å². The lowest BCUT2D eigenvalue weighted by Crippen LogP contribution is -2.36. The Bertz CT molecular complexity index is 864. The van der Waals surface area contributed by atoms with Gasteiger partial charge in [0.05, 0.1) is 29.9 Å². The standard InChI is InChI=1S/C18H16FN3O5/c19-15-4-2-14(3-5-15)18(23)27-20-12-13-1-6-16(17(11-13)22(24)25)21-7-9-26-10-8-21/h1-6,11-12H,7-10H2/b20-12-. The molecule has 0 aliphatic carbocycles. The van der Waals surface area contributed by atoms with E-state index >= 15 is 0 Å². The predicted molar refractivity (Wildman–Crippen MR) is 95.5 cm³/mol. The van der Waals surface area contributed by atoms with Gasteiger partial charge in [0.1, 0.15) is 11.5 Å². The van der Waals surface area contributed by atoms with E-state index in [1.54, 1.807) is 12.1 Å². The van der Waals surface area contributed by atoms with Crippen LogP contribution in [0.25, 0.3) is 0 Å². The molecule has 0 spiro atoms. The van der Waals surface area contributed by atoms with Gasteiger partial charge < -0.3 is 14.5 Å². The summed E-state index contributed by atoms with van der Waals surface area (Å²) in [6.07, 6.45) is 1.21. The van der Waals surface area contributed by atoms with Crippen LogP contribution in [-0.4, -0.2) is 43.4 Å². The molecule has 0 amide bonds. The number of ether oxygens (including phenoxy) is 1. The van der Waals surface area contributed by atoms with Gasteiger partial charge in [-0.1, -0.05) is 11.2 Å². The summed E-state index contributed by atoms with van der Waals surface area (Å²) in [6.45, 7) is 2.17. The largest absolute Gasteiger partial charge is 0.378 e. The molecule has 0 radical (unpaired) electrons. The molecule has 0 aromatic heterocycles. The van der Waals surface area contributed by atoms with Gasteiger partial charge in [0.2, 0.25) is 0 Å². The van der Waals surface area contributed by atoms with E-state index in [0.717, 1.165) is 12.1 Å². The number of nitro benzene ring substituents is 1. The van der Waals surface area contributed by atoms with Crippen LogP contribution >= 0.6 is 0 Å². The molecule has 1 heterocycles. The maximum Gasteiger partial charge on any atom is 0.365 e. The van der Waals surface area contributed by atoms with Crippen molar-refractivity contribution in [2.45, 2.75) is 0 Å². The van der Waals surface area contributed by atoms with Gasteiger partial charge in [-0.3, -0.25) is 10.1 Å². The minimum absolute atomic E-state index is 0.0642. The first-order valence-electron chi connectivity index (χ1n) is 8.16. The fourth-order valence-electron chi connectivity index (χ4n) is 2.61. The van der Waals surface area contributed by atoms with Gasteiger partial charge in [-0.25, -0.2) is 9.18 Å². The summed E-state index contributed by atoms with van der Waals surface area (Å²) in [5, 5.41) is 15.0. The van der Waals surface area contributed by atoms with Crippen molar-refractivity contribution in [1.29, 1.82) is 0 Å². The van der Waals surface area contributed by atoms with E-state index in [2.05, 4.69) is 5.16 Å². The van der Waals surface area contributed by atoms with Crippen molar-refractivity contribution in [2.24, 2.45) is 5.16 Å². The summed E-state index contributed by atoms with van der Waals surface area (Å²) in [4.78, 5) is 29.3. The first kappa shape index (κ1) is 18.5. The van der Waals surface area contributed by atoms with Gasteiger partial charge in [0, 0.05) is 24.7 Å². The molecule has 140 valence electrons. The number of rotatable bonds is 5. The zero-order valence-corrected chi connectivity index (χ0v) is 14.2. The zero-order chi connectivity index (χ0) is 19.2. The Morgan fingerprint density at radius 3 is 2.59 bits per heavy atom. The van der Waals surface area contributed by atoms with Crippen molar-refractivity contribution in [3.8, 4) is 0 Å². The van der Waals surface area contributed by atoms with Gasteiger partial charge in [-0.05, 0) is 30.3 Å². The number of oxime groups is 1. The first-order chi connectivity index (χ1) is 13.0. The van der Waals surface area contributed by atoms with Gasteiger partial charge in [-0.15, -0.1) is 0 Å². The molecular formula is C18H16FN3O5. The van der Waals surface area contributed by atoms with Crippen LogP contribution in [0.1, 0.15) is 15.9 Å². The molecular weight excluding hydrogens is 357 g/mol. The molecule has 3 rings (SSSR count). The summed E-state index contributed by atoms with van der Waals surface area (Å²) in [7, 11) is 0. The second kappa shape index (κ2) is 8.37. The van der Waals surface area contributed by atoms with Crippen LogP contribution in [0.5, 0.6) is 0 Å². The van der Waals surface area contributed by atoms with E-state index in [-0.39, 0.29) is 11.3 Å². The molecule has 2 aromatic rings. The van der Waals surface area contributed by atoms with Crippen molar-refractivity contribution in [3.63, 3.8) is 0 Å². The summed E-state index contributed by atoms with van der Waals surface area (Å²) >= 11 is 0. The van der Waals surface area contributed by atoms with Gasteiger partial charge in [0.15, 0.2) is 0 Å². The lowest BCUT2D eigenvalue weighted by Gasteiger charge is -2.28. The normalized spacial score (nSPS) is 14.3. The lowest BCUT2D eigenvalue weighted by molar-refractivity contribution is -0.384. The van der Waals surface area contributed by atoms with Gasteiger partial charge in [0.25, 0.3) is 5.69 Å². The van der Waals surface area contributed by atoms with Crippen LogP contribution < -0.4 is 4.90 Å². The zero-order valence-electron chi connectivity index (χ0n) is 14.2. The highest BCUT2D eigenvalue weighted by atomic mass is 19.1. The second-order valence-electron chi connectivity index (χ2n) is 5.72. The first-order valence-corrected chi connectivity index (χ1v) is 8.16. The Morgan fingerprint density at radius 1 is 1.22 bits per heavy atom. The summed E-state index contributed by atoms with van der Waals surface area (Å²) < 4.78 is 18.1. The van der Waals surface area contributed by atoms with E-state index in [1.807, 2.05) is 4.90 Å². The van der Waals surface area contributed by atoms with Crippen molar-refractivity contribution in [2.75, 3.05) is 31.2 Å². The highest BCUT2D eigenvalue weighted by molar-refractivity contribution is 5.90. The van der Waals surface area contributed by atoms with E-state index in [9.17, 15) is 19.3 Å². The number of anilines is 1. The predicted octanol–water partition coefficient (Wildman–Crippen LogP) is 2.76. The Hall–Kier alpha value is -3.33. The maximum atomic E-state index is 12.8. The van der Waals surface area contributed by atoms with E-state index in [0.29, 0.717) is 37.6 Å². The van der Waals surface area contributed by atoms with Gasteiger partial charge in [-0.2, -0.15) is 0 Å². The van der Waals surface area contributed by atoms with Crippen molar-refractivity contribution < 1.29 is 23.7 Å². The fraction of sp³-hybridized carbons (Fsp3) is 0.222. The fourth-order valence-corrected chi connectivity index (χ4v) is 2.61. The molecule has 0 saturated carbocycles. The smallest absolute Gasteiger partial charge is 0.365 e. The van der Waals surface area contributed by atoms with Crippen LogP contribution in [0.3, 0.4) is 0 Å². The highest BCUT2D eigenvalue weighted by Crippen LogP contribution is 2.29. The molecule has 2 aromatic carbocycles. The summed E-state index contributed by atoms with van der Waals surface area (Å²) in [6, 6.07) is 9.45. The van der Waals surface area contributed by atoms with Crippen molar-refractivity contribution in [1.82, 2.24) is 0 Å². The summed E-state index contributed by atoms with van der Waals surface area (Å²) in [5.74, 6) is -1.23. The average Bonchev–Trinajstić information content (AvgIpc) is 2.69. The molecule has 1 aliphatic heterocycles. The number of benzene rings is 2. The van der Waals surface area contributed by atoms with E-state index < -0.39 is 16.7 Å². The molecule has 9 heteroatoms. The third kappa shape index (κ3) is 4.64. The van der Waals surface area contributed by atoms with Crippen LogP contribution in [0, 0.1) is 15.9 Å². The lowest BCUT2D eigenvalue weighted by atomic mass is 10.1. The number of hydrogen-bond donors (Lipinski definition) is 0. The quantitative estimate of drug-likeness (QED) is 0.346. The Labute approximate surface area is 153 Å². The summed E-state index contributed by atoms with van der Waals surface area (Å²) in [5.41, 5.74) is 0.988. The number of carbonyl (C=O) groups excluding carboxylic acids is 1. The second-order valence-corrected chi connectivity index (χ2v) is 5.72. The minimum atomic E-state index is -0.759. The molecule has 0 atom stereocenters. The number of hydrogen-bond acceptors (Lipinski definition) is 7. The molecule has 8 nitrogen and oxygen atoms in total. The highest BCUT2D eigenvalue weighted by Gasteiger charge is 2.21. The third-order valence-corrected chi connectivity index (χ3v) is 3.97. The number of carbonyl (C=O) groups is 1. The van der Waals surface area contributed by atoms with Crippen molar-refractivity contribution in [3.05, 3.63) is 69.5 Å². The Morgan fingerprint density at radius 2 is 1.93 bits per heavy atom. The molecule has 1 aliphatic rings. The van der Waals surface area contributed by atoms with Gasteiger partial charge >= 0.3 is 5.97 Å². The van der Waals surface area contributed by atoms with Crippen molar-refractivity contribution >= 4 is 23.6 Å². The monoisotopic (exact) mass is 373 g/mol. The van der Waals surface area contributed by atoms with E-state index in [1.165, 1.54) is 24.4 Å². The Balaban J connectivity index is 1.71. The topological polar surface area (TPSA) is 94.3 Å². The average molecular weight is 373 g/mol. The molecule has 1 saturated heterocycles. The van der Waals surface area contributed by atoms with Crippen LogP contribution in [0.2, 0.25) is 0 Å². The number of nitro groups is 1. The Kier molecular flexibility index (Phi) is 5.72. The molecule has 1 fully saturated rings. The van der Waals surface area contributed by atoms with Crippen LogP contribution in [-0.2, 0) is 9.57 Å². The number of halogens is 1. The molecule has 0 N–H and O–H groups in total. The molecule has 0 bridgehead atoms. The maximum absolute atomic E-state index is 12.8. The van der Waals surface area contributed by atoms with Crippen LogP contribution in [0.15, 0.2) is 47.6 Å². The SMILES string of the molecule is O=C(O/N=C\c1ccc(N2CCOCC2)c([N+](=O)[O-])c1)c1ccc(F)cc1. The molecule has 27 heavy (non-hydrogen) atoms. The number of morpholine rings is 1. The van der Waals surface area contributed by atoms with Crippen LogP contribution in [0.4, 0.5) is 15.8 Å². The third-order valence-electron chi connectivity index (χ3n) is 3.97. The molecule has 0 unspecified atom stereocenters. The minimum Gasteiger partial charge on any atom is -0.378 e. The number of nitrogens with zero attached hydrogens (tertiary/aromatic N) is 3.